The number of hydrogen-bond donors (Lipinski definition) is 1. The summed E-state index contributed by atoms with van der Waals surface area (Å²) in [5, 5.41) is 0. The lowest BCUT2D eigenvalue weighted by molar-refractivity contribution is 0.299. The van der Waals surface area contributed by atoms with Crippen molar-refractivity contribution in [2.75, 3.05) is 6.54 Å². The van der Waals surface area contributed by atoms with Crippen molar-refractivity contribution in [2.24, 2.45) is 5.73 Å². The van der Waals surface area contributed by atoms with Gasteiger partial charge in [0.1, 0.15) is 18.2 Å². The standard InChI is InChI=1S/C16H15FN2O/c1-12-4-2-6-14(19-12)11-20-15-8-7-13(5-3-9-18)16(17)10-15/h2,4,6-8,10H,9,11,18H2,1H3. The molecule has 0 aliphatic carbocycles. The van der Waals surface area contributed by atoms with Crippen LogP contribution < -0.4 is 10.5 Å². The van der Waals surface area contributed by atoms with E-state index in [0.29, 0.717) is 17.9 Å². The third kappa shape index (κ3) is 3.81. The molecule has 0 bridgehead atoms. The second kappa shape index (κ2) is 6.69. The lowest BCUT2D eigenvalue weighted by Crippen LogP contribution is -1.99. The summed E-state index contributed by atoms with van der Waals surface area (Å²) in [4.78, 5) is 4.31. The molecule has 3 nitrogen and oxygen atoms in total. The third-order valence-corrected chi connectivity index (χ3v) is 2.60. The van der Waals surface area contributed by atoms with E-state index in [1.165, 1.54) is 6.07 Å². The summed E-state index contributed by atoms with van der Waals surface area (Å²) >= 11 is 0. The van der Waals surface area contributed by atoms with Crippen molar-refractivity contribution in [3.63, 3.8) is 0 Å². The number of nitrogens with zero attached hydrogens (tertiary/aromatic N) is 1. The molecule has 0 fully saturated rings. The van der Waals surface area contributed by atoms with Crippen LogP contribution in [0.25, 0.3) is 0 Å². The van der Waals surface area contributed by atoms with Crippen molar-refractivity contribution >= 4 is 0 Å². The Bertz CT molecular complexity index is 659. The predicted octanol–water partition coefficient (Wildman–Crippen LogP) is 2.42. The Kier molecular flexibility index (Phi) is 4.70. The third-order valence-electron chi connectivity index (χ3n) is 2.60. The maximum atomic E-state index is 13.7. The van der Waals surface area contributed by atoms with E-state index in [1.807, 2.05) is 25.1 Å². The van der Waals surface area contributed by atoms with Gasteiger partial charge in [0.2, 0.25) is 0 Å². The van der Waals surface area contributed by atoms with E-state index in [4.69, 9.17) is 10.5 Å². The Morgan fingerprint density at radius 3 is 2.85 bits per heavy atom. The maximum absolute atomic E-state index is 13.7. The van der Waals surface area contributed by atoms with Gasteiger partial charge in [0.25, 0.3) is 0 Å². The first-order valence-corrected chi connectivity index (χ1v) is 6.23. The van der Waals surface area contributed by atoms with Crippen LogP contribution in [-0.4, -0.2) is 11.5 Å². The molecular weight excluding hydrogens is 255 g/mol. The Labute approximate surface area is 117 Å². The lowest BCUT2D eigenvalue weighted by Gasteiger charge is -2.07. The Morgan fingerprint density at radius 1 is 1.30 bits per heavy atom. The van der Waals surface area contributed by atoms with E-state index in [-0.39, 0.29) is 6.54 Å². The molecule has 1 aromatic heterocycles. The highest BCUT2D eigenvalue weighted by Gasteiger charge is 2.03. The molecule has 0 unspecified atom stereocenters. The van der Waals surface area contributed by atoms with E-state index >= 15 is 0 Å². The fourth-order valence-electron chi connectivity index (χ4n) is 1.67. The van der Waals surface area contributed by atoms with Gasteiger partial charge in [-0.25, -0.2) is 4.39 Å². The van der Waals surface area contributed by atoms with Gasteiger partial charge in [-0.05, 0) is 31.2 Å². The van der Waals surface area contributed by atoms with Gasteiger partial charge >= 0.3 is 0 Å². The second-order valence-electron chi connectivity index (χ2n) is 4.21. The fraction of sp³-hybridized carbons (Fsp3) is 0.188. The number of pyridine rings is 1. The largest absolute Gasteiger partial charge is 0.487 e. The van der Waals surface area contributed by atoms with Crippen LogP contribution in [0.1, 0.15) is 17.0 Å². The van der Waals surface area contributed by atoms with Gasteiger partial charge in [-0.2, -0.15) is 0 Å². The van der Waals surface area contributed by atoms with Gasteiger partial charge in [0.15, 0.2) is 0 Å². The summed E-state index contributed by atoms with van der Waals surface area (Å²) < 4.78 is 19.2. The molecule has 20 heavy (non-hydrogen) atoms. The number of hydrogen-bond acceptors (Lipinski definition) is 3. The van der Waals surface area contributed by atoms with Crippen LogP contribution in [0.2, 0.25) is 0 Å². The summed E-state index contributed by atoms with van der Waals surface area (Å²) in [5.41, 5.74) is 7.29. The number of aryl methyl sites for hydroxylation is 1. The summed E-state index contributed by atoms with van der Waals surface area (Å²) in [6, 6.07) is 10.3. The number of rotatable bonds is 3. The number of halogens is 1. The molecule has 0 saturated heterocycles. The van der Waals surface area contributed by atoms with Crippen molar-refractivity contribution in [2.45, 2.75) is 13.5 Å². The first kappa shape index (κ1) is 14.0. The predicted molar refractivity (Wildman–Crippen MR) is 75.6 cm³/mol. The van der Waals surface area contributed by atoms with E-state index < -0.39 is 5.82 Å². The molecule has 102 valence electrons. The zero-order chi connectivity index (χ0) is 14.4. The monoisotopic (exact) mass is 270 g/mol. The van der Waals surface area contributed by atoms with Gasteiger partial charge in [0.05, 0.1) is 17.8 Å². The first-order chi connectivity index (χ1) is 9.69. The Hall–Kier alpha value is -2.38. The average molecular weight is 270 g/mol. The van der Waals surface area contributed by atoms with Crippen LogP contribution >= 0.6 is 0 Å². The van der Waals surface area contributed by atoms with Crippen molar-refractivity contribution in [1.82, 2.24) is 4.98 Å². The lowest BCUT2D eigenvalue weighted by atomic mass is 10.2. The van der Waals surface area contributed by atoms with Crippen LogP contribution in [0.3, 0.4) is 0 Å². The SMILES string of the molecule is Cc1cccc(COc2ccc(C#CCN)c(F)c2)n1. The van der Waals surface area contributed by atoms with Crippen molar-refractivity contribution in [3.05, 3.63) is 59.2 Å². The number of ether oxygens (including phenoxy) is 1. The smallest absolute Gasteiger partial charge is 0.142 e. The van der Waals surface area contributed by atoms with Gasteiger partial charge < -0.3 is 10.5 Å². The van der Waals surface area contributed by atoms with Crippen LogP contribution in [-0.2, 0) is 6.61 Å². The van der Waals surface area contributed by atoms with Crippen LogP contribution in [0, 0.1) is 24.6 Å². The minimum atomic E-state index is -0.416. The topological polar surface area (TPSA) is 48.1 Å². The Morgan fingerprint density at radius 2 is 2.15 bits per heavy atom. The molecule has 0 aliphatic heterocycles. The average Bonchev–Trinajstić information content (AvgIpc) is 2.44. The minimum absolute atomic E-state index is 0.205. The molecule has 0 spiro atoms. The van der Waals surface area contributed by atoms with E-state index in [0.717, 1.165) is 11.4 Å². The maximum Gasteiger partial charge on any atom is 0.142 e. The summed E-state index contributed by atoms with van der Waals surface area (Å²) in [5.74, 6) is 5.31. The van der Waals surface area contributed by atoms with Crippen LogP contribution in [0.5, 0.6) is 5.75 Å². The number of benzene rings is 1. The highest BCUT2D eigenvalue weighted by molar-refractivity contribution is 5.39. The quantitative estimate of drug-likeness (QED) is 0.871. The van der Waals surface area contributed by atoms with Gasteiger partial charge in [-0.15, -0.1) is 0 Å². The zero-order valence-corrected chi connectivity index (χ0v) is 11.2. The summed E-state index contributed by atoms with van der Waals surface area (Å²) in [6.07, 6.45) is 0. The van der Waals surface area contributed by atoms with E-state index in [1.54, 1.807) is 12.1 Å². The molecule has 0 aliphatic rings. The molecule has 0 radical (unpaired) electrons. The van der Waals surface area contributed by atoms with Gasteiger partial charge in [-0.1, -0.05) is 17.9 Å². The molecule has 1 heterocycles. The highest BCUT2D eigenvalue weighted by Crippen LogP contribution is 2.17. The van der Waals surface area contributed by atoms with E-state index in [2.05, 4.69) is 16.8 Å². The highest BCUT2D eigenvalue weighted by atomic mass is 19.1. The Balaban J connectivity index is 2.05. The second-order valence-corrected chi connectivity index (χ2v) is 4.21. The van der Waals surface area contributed by atoms with E-state index in [9.17, 15) is 4.39 Å². The molecular formula is C16H15FN2O. The van der Waals surface area contributed by atoms with Crippen molar-refractivity contribution in [3.8, 4) is 17.6 Å². The molecule has 1 aromatic carbocycles. The molecule has 2 N–H and O–H groups in total. The summed E-state index contributed by atoms with van der Waals surface area (Å²) in [6.45, 7) is 2.42. The molecule has 2 aromatic rings. The molecule has 0 amide bonds. The zero-order valence-electron chi connectivity index (χ0n) is 11.2. The van der Waals surface area contributed by atoms with Crippen molar-refractivity contribution in [1.29, 1.82) is 0 Å². The van der Waals surface area contributed by atoms with Gasteiger partial charge in [-0.3, -0.25) is 4.98 Å². The molecule has 0 atom stereocenters. The minimum Gasteiger partial charge on any atom is -0.487 e. The molecule has 2 rings (SSSR count). The van der Waals surface area contributed by atoms with Crippen LogP contribution in [0.4, 0.5) is 4.39 Å². The molecule has 0 saturated carbocycles. The van der Waals surface area contributed by atoms with Crippen LogP contribution in [0.15, 0.2) is 36.4 Å². The number of nitrogens with two attached hydrogens (primary N) is 1. The number of aromatic nitrogens is 1. The first-order valence-electron chi connectivity index (χ1n) is 6.23. The molecule has 4 heteroatoms. The normalized spacial score (nSPS) is 9.75. The van der Waals surface area contributed by atoms with Gasteiger partial charge in [0, 0.05) is 11.8 Å². The fourth-order valence-corrected chi connectivity index (χ4v) is 1.67. The van der Waals surface area contributed by atoms with Crippen molar-refractivity contribution < 1.29 is 9.13 Å². The summed E-state index contributed by atoms with van der Waals surface area (Å²) in [7, 11) is 0.